The maximum atomic E-state index is 12.4. The summed E-state index contributed by atoms with van der Waals surface area (Å²) in [6.07, 6.45) is 0. The van der Waals surface area contributed by atoms with E-state index >= 15 is 0 Å². The molecule has 0 atom stereocenters. The Kier molecular flexibility index (Phi) is 5.44. The number of benzene rings is 2. The Hall–Kier alpha value is -3.61. The number of para-hydroxylation sites is 1. The molecule has 2 aromatic carbocycles. The molecule has 7 nitrogen and oxygen atoms in total. The molecule has 3 amide bonds. The standard InChI is InChI=1S/C21H21N3O4/c1-12-8-9-15(10-13(12)2)23-21(27)24-18(25)11-28-20(26)19-14(3)22-17-7-5-4-6-16(17)19/h4-10,22H,11H2,1-3H3,(H2,23,24,25,27). The molecule has 0 unspecified atom stereocenters. The van der Waals surface area contributed by atoms with Crippen LogP contribution in [0.15, 0.2) is 42.5 Å². The van der Waals surface area contributed by atoms with E-state index in [9.17, 15) is 14.4 Å². The lowest BCUT2D eigenvalue weighted by molar-refractivity contribution is -0.123. The minimum atomic E-state index is -0.716. The number of ether oxygens (including phenoxy) is 1. The van der Waals surface area contributed by atoms with Gasteiger partial charge in [-0.3, -0.25) is 10.1 Å². The zero-order valence-corrected chi connectivity index (χ0v) is 15.9. The van der Waals surface area contributed by atoms with Gasteiger partial charge in [0.2, 0.25) is 0 Å². The number of aromatic amines is 1. The van der Waals surface area contributed by atoms with Gasteiger partial charge in [-0.1, -0.05) is 24.3 Å². The zero-order chi connectivity index (χ0) is 20.3. The highest BCUT2D eigenvalue weighted by Gasteiger charge is 2.19. The second-order valence-electron chi connectivity index (χ2n) is 6.55. The molecule has 28 heavy (non-hydrogen) atoms. The van der Waals surface area contributed by atoms with Crippen molar-refractivity contribution in [3.8, 4) is 0 Å². The normalized spacial score (nSPS) is 10.5. The number of rotatable bonds is 4. The van der Waals surface area contributed by atoms with E-state index in [-0.39, 0.29) is 0 Å². The number of urea groups is 1. The summed E-state index contributed by atoms with van der Waals surface area (Å²) >= 11 is 0. The van der Waals surface area contributed by atoms with Crippen molar-refractivity contribution in [2.45, 2.75) is 20.8 Å². The Balaban J connectivity index is 1.56. The lowest BCUT2D eigenvalue weighted by Gasteiger charge is -2.09. The van der Waals surface area contributed by atoms with Crippen LogP contribution in [0.1, 0.15) is 27.2 Å². The molecule has 7 heteroatoms. The van der Waals surface area contributed by atoms with Gasteiger partial charge in [0, 0.05) is 22.3 Å². The lowest BCUT2D eigenvalue weighted by atomic mass is 10.1. The van der Waals surface area contributed by atoms with E-state index in [1.165, 1.54) is 0 Å². The molecular weight excluding hydrogens is 358 g/mol. The number of amides is 3. The van der Waals surface area contributed by atoms with Crippen LogP contribution in [0.25, 0.3) is 10.9 Å². The number of aryl methyl sites for hydroxylation is 3. The van der Waals surface area contributed by atoms with E-state index in [0.29, 0.717) is 16.9 Å². The van der Waals surface area contributed by atoms with Crippen molar-refractivity contribution in [3.05, 3.63) is 64.8 Å². The number of hydrogen-bond donors (Lipinski definition) is 3. The highest BCUT2D eigenvalue weighted by molar-refractivity contribution is 6.07. The molecule has 0 aliphatic carbocycles. The van der Waals surface area contributed by atoms with Crippen LogP contribution in [0.4, 0.5) is 10.5 Å². The molecule has 0 aliphatic heterocycles. The van der Waals surface area contributed by atoms with Crippen LogP contribution < -0.4 is 10.6 Å². The molecule has 0 saturated heterocycles. The Morgan fingerprint density at radius 2 is 1.75 bits per heavy atom. The van der Waals surface area contributed by atoms with Gasteiger partial charge in [-0.2, -0.15) is 0 Å². The molecular formula is C21H21N3O4. The Bertz CT molecular complexity index is 1070. The summed E-state index contributed by atoms with van der Waals surface area (Å²) < 4.78 is 5.07. The highest BCUT2D eigenvalue weighted by Crippen LogP contribution is 2.22. The molecule has 3 aromatic rings. The summed E-state index contributed by atoms with van der Waals surface area (Å²) in [6, 6.07) is 12.1. The number of H-pyrrole nitrogens is 1. The first-order chi connectivity index (χ1) is 13.3. The molecule has 0 radical (unpaired) electrons. The number of esters is 1. The number of aromatic nitrogens is 1. The number of anilines is 1. The fraction of sp³-hybridized carbons (Fsp3) is 0.190. The highest BCUT2D eigenvalue weighted by atomic mass is 16.5. The first-order valence-electron chi connectivity index (χ1n) is 8.77. The second kappa shape index (κ2) is 7.96. The lowest BCUT2D eigenvalue weighted by Crippen LogP contribution is -2.37. The topological polar surface area (TPSA) is 100 Å². The molecule has 0 saturated carbocycles. The van der Waals surface area contributed by atoms with Crippen LogP contribution >= 0.6 is 0 Å². The largest absolute Gasteiger partial charge is 0.452 e. The zero-order valence-electron chi connectivity index (χ0n) is 15.9. The SMILES string of the molecule is Cc1ccc(NC(=O)NC(=O)COC(=O)c2c(C)[nH]c3ccccc23)cc1C. The van der Waals surface area contributed by atoms with Gasteiger partial charge in [-0.15, -0.1) is 0 Å². The predicted molar refractivity (Wildman–Crippen MR) is 106 cm³/mol. The van der Waals surface area contributed by atoms with Crippen LogP contribution in [0.2, 0.25) is 0 Å². The molecule has 3 rings (SSSR count). The van der Waals surface area contributed by atoms with Crippen molar-refractivity contribution in [1.82, 2.24) is 10.3 Å². The average Bonchev–Trinajstić information content (AvgIpc) is 2.98. The van der Waals surface area contributed by atoms with Gasteiger partial charge in [0.15, 0.2) is 6.61 Å². The molecule has 1 aromatic heterocycles. The van der Waals surface area contributed by atoms with Gasteiger partial charge in [-0.05, 0) is 50.1 Å². The smallest absolute Gasteiger partial charge is 0.341 e. The van der Waals surface area contributed by atoms with Crippen LogP contribution in [-0.4, -0.2) is 29.5 Å². The second-order valence-corrected chi connectivity index (χ2v) is 6.55. The summed E-state index contributed by atoms with van der Waals surface area (Å²) in [5.41, 5.74) is 4.53. The van der Waals surface area contributed by atoms with Gasteiger partial charge in [0.25, 0.3) is 5.91 Å². The first kappa shape index (κ1) is 19.2. The number of imide groups is 1. The number of carbonyl (C=O) groups is 3. The third-order valence-electron chi connectivity index (χ3n) is 4.45. The van der Waals surface area contributed by atoms with Gasteiger partial charge in [-0.25, -0.2) is 9.59 Å². The van der Waals surface area contributed by atoms with E-state index in [4.69, 9.17) is 4.74 Å². The van der Waals surface area contributed by atoms with Crippen LogP contribution in [0.5, 0.6) is 0 Å². The van der Waals surface area contributed by atoms with Crippen molar-refractivity contribution in [3.63, 3.8) is 0 Å². The van der Waals surface area contributed by atoms with Gasteiger partial charge in [0.1, 0.15) is 0 Å². The minimum Gasteiger partial charge on any atom is -0.452 e. The summed E-state index contributed by atoms with van der Waals surface area (Å²) in [7, 11) is 0. The van der Waals surface area contributed by atoms with Crippen molar-refractivity contribution >= 4 is 34.5 Å². The molecule has 3 N–H and O–H groups in total. The molecule has 0 fully saturated rings. The number of hydrogen-bond acceptors (Lipinski definition) is 4. The minimum absolute atomic E-state index is 0.378. The van der Waals surface area contributed by atoms with Crippen molar-refractivity contribution in [1.29, 1.82) is 0 Å². The maximum Gasteiger partial charge on any atom is 0.341 e. The quantitative estimate of drug-likeness (QED) is 0.603. The third kappa shape index (κ3) is 4.20. The Labute approximate surface area is 162 Å². The summed E-state index contributed by atoms with van der Waals surface area (Å²) in [4.78, 5) is 39.3. The molecule has 1 heterocycles. The molecule has 144 valence electrons. The van der Waals surface area contributed by atoms with E-state index in [2.05, 4.69) is 15.6 Å². The van der Waals surface area contributed by atoms with Crippen LogP contribution in [-0.2, 0) is 9.53 Å². The molecule has 0 spiro atoms. The van der Waals surface area contributed by atoms with Crippen molar-refractivity contribution < 1.29 is 19.1 Å². The number of carbonyl (C=O) groups excluding carboxylic acids is 3. The molecule has 0 bridgehead atoms. The van der Waals surface area contributed by atoms with E-state index in [1.54, 1.807) is 25.1 Å². The average molecular weight is 379 g/mol. The van der Waals surface area contributed by atoms with Gasteiger partial charge >= 0.3 is 12.0 Å². The first-order valence-corrected chi connectivity index (χ1v) is 8.77. The van der Waals surface area contributed by atoms with E-state index in [0.717, 1.165) is 22.0 Å². The molecule has 0 aliphatic rings. The van der Waals surface area contributed by atoms with Crippen molar-refractivity contribution in [2.75, 3.05) is 11.9 Å². The third-order valence-corrected chi connectivity index (χ3v) is 4.45. The van der Waals surface area contributed by atoms with Gasteiger partial charge < -0.3 is 15.0 Å². The maximum absolute atomic E-state index is 12.4. The summed E-state index contributed by atoms with van der Waals surface area (Å²) in [5, 5.41) is 5.43. The van der Waals surface area contributed by atoms with Gasteiger partial charge in [0.05, 0.1) is 5.56 Å². The van der Waals surface area contributed by atoms with Crippen LogP contribution in [0, 0.1) is 20.8 Å². The number of nitrogens with one attached hydrogen (secondary N) is 3. The fourth-order valence-corrected chi connectivity index (χ4v) is 2.89. The number of fused-ring (bicyclic) bond motifs is 1. The Morgan fingerprint density at radius 3 is 2.50 bits per heavy atom. The summed E-state index contributed by atoms with van der Waals surface area (Å²) in [6.45, 7) is 5.09. The predicted octanol–water partition coefficient (Wildman–Crippen LogP) is 3.60. The monoisotopic (exact) mass is 379 g/mol. The van der Waals surface area contributed by atoms with Crippen LogP contribution in [0.3, 0.4) is 0 Å². The van der Waals surface area contributed by atoms with E-state index < -0.39 is 24.5 Å². The van der Waals surface area contributed by atoms with Crippen molar-refractivity contribution in [2.24, 2.45) is 0 Å². The van der Waals surface area contributed by atoms with E-state index in [1.807, 2.05) is 38.1 Å². The fourth-order valence-electron chi connectivity index (χ4n) is 2.89. The summed E-state index contributed by atoms with van der Waals surface area (Å²) in [5.74, 6) is -1.34. The Morgan fingerprint density at radius 1 is 1.00 bits per heavy atom.